The van der Waals surface area contributed by atoms with Gasteiger partial charge in [0.1, 0.15) is 10.6 Å². The summed E-state index contributed by atoms with van der Waals surface area (Å²) < 4.78 is 34.3. The van der Waals surface area contributed by atoms with E-state index in [4.69, 9.17) is 4.74 Å². The average Bonchev–Trinajstić information content (AvgIpc) is 3.11. The molecule has 0 saturated heterocycles. The van der Waals surface area contributed by atoms with Crippen molar-refractivity contribution in [2.75, 3.05) is 20.3 Å². The molecule has 2 aromatic heterocycles. The fourth-order valence-corrected chi connectivity index (χ4v) is 3.93. The van der Waals surface area contributed by atoms with E-state index in [1.54, 1.807) is 18.0 Å². The Morgan fingerprint density at radius 3 is 2.82 bits per heavy atom. The van der Waals surface area contributed by atoms with E-state index in [9.17, 15) is 8.42 Å². The van der Waals surface area contributed by atoms with Crippen LogP contribution in [-0.4, -0.2) is 38.5 Å². The van der Waals surface area contributed by atoms with Crippen LogP contribution in [0.2, 0.25) is 0 Å². The van der Waals surface area contributed by atoms with Crippen LogP contribution in [0.1, 0.15) is 26.3 Å². The van der Waals surface area contributed by atoms with Crippen molar-refractivity contribution in [3.05, 3.63) is 23.7 Å². The molecule has 0 unspecified atom stereocenters. The van der Waals surface area contributed by atoms with Crippen molar-refractivity contribution >= 4 is 21.4 Å². The molecule has 1 N–H and O–H groups in total. The first-order chi connectivity index (χ1) is 10.5. The summed E-state index contributed by atoms with van der Waals surface area (Å²) in [4.78, 5) is 1.07. The van der Waals surface area contributed by atoms with Crippen molar-refractivity contribution < 1.29 is 13.2 Å². The summed E-state index contributed by atoms with van der Waals surface area (Å²) in [6.45, 7) is 4.79. The SMILES string of the molecule is COCCCNS(=O)(=O)c1cn(C(C)C)nc1-c1cccs1. The van der Waals surface area contributed by atoms with Gasteiger partial charge in [-0.25, -0.2) is 13.1 Å². The van der Waals surface area contributed by atoms with Crippen LogP contribution in [-0.2, 0) is 14.8 Å². The molecular formula is C14H21N3O3S2. The van der Waals surface area contributed by atoms with Crippen molar-refractivity contribution in [1.82, 2.24) is 14.5 Å². The minimum absolute atomic E-state index is 0.0937. The molecule has 2 aromatic rings. The van der Waals surface area contributed by atoms with Gasteiger partial charge in [0.15, 0.2) is 0 Å². The van der Waals surface area contributed by atoms with Gasteiger partial charge in [-0.3, -0.25) is 4.68 Å². The van der Waals surface area contributed by atoms with Gasteiger partial charge in [-0.1, -0.05) is 6.07 Å². The predicted octanol–water partition coefficient (Wildman–Crippen LogP) is 2.51. The Morgan fingerprint density at radius 1 is 1.45 bits per heavy atom. The van der Waals surface area contributed by atoms with E-state index in [-0.39, 0.29) is 10.9 Å². The summed E-state index contributed by atoms with van der Waals surface area (Å²) in [5, 5.41) is 6.35. The number of ether oxygens (including phenoxy) is 1. The molecular weight excluding hydrogens is 322 g/mol. The summed E-state index contributed by atoms with van der Waals surface area (Å²) in [5.74, 6) is 0. The third-order valence-corrected chi connectivity index (χ3v) is 5.43. The highest BCUT2D eigenvalue weighted by atomic mass is 32.2. The van der Waals surface area contributed by atoms with Gasteiger partial charge < -0.3 is 4.74 Å². The highest BCUT2D eigenvalue weighted by molar-refractivity contribution is 7.89. The van der Waals surface area contributed by atoms with Crippen molar-refractivity contribution in [2.45, 2.75) is 31.2 Å². The molecule has 0 aliphatic heterocycles. The van der Waals surface area contributed by atoms with Crippen molar-refractivity contribution in [2.24, 2.45) is 0 Å². The zero-order valence-electron chi connectivity index (χ0n) is 12.9. The van der Waals surface area contributed by atoms with Crippen LogP contribution in [0.5, 0.6) is 0 Å². The van der Waals surface area contributed by atoms with Gasteiger partial charge in [0.2, 0.25) is 10.0 Å². The molecule has 0 saturated carbocycles. The lowest BCUT2D eigenvalue weighted by atomic mass is 10.3. The maximum Gasteiger partial charge on any atom is 0.244 e. The molecule has 122 valence electrons. The summed E-state index contributed by atoms with van der Waals surface area (Å²) in [5.41, 5.74) is 0.503. The minimum Gasteiger partial charge on any atom is -0.385 e. The van der Waals surface area contributed by atoms with Gasteiger partial charge in [-0.05, 0) is 31.7 Å². The Kier molecular flexibility index (Phi) is 5.74. The van der Waals surface area contributed by atoms with Gasteiger partial charge >= 0.3 is 0 Å². The molecule has 0 aromatic carbocycles. The second-order valence-corrected chi connectivity index (χ2v) is 7.82. The summed E-state index contributed by atoms with van der Waals surface area (Å²) in [6.07, 6.45) is 2.22. The maximum atomic E-state index is 12.5. The number of thiophene rings is 1. The standard InChI is InChI=1S/C14H21N3O3S2/c1-11(2)17-10-13(14(16-17)12-6-4-9-21-12)22(18,19)15-7-5-8-20-3/h4,6,9-11,15H,5,7-8H2,1-3H3. The Hall–Kier alpha value is -1.22. The Balaban J connectivity index is 2.32. The predicted molar refractivity (Wildman–Crippen MR) is 87.6 cm³/mol. The highest BCUT2D eigenvalue weighted by Gasteiger charge is 2.24. The van der Waals surface area contributed by atoms with E-state index >= 15 is 0 Å². The molecule has 6 nitrogen and oxygen atoms in total. The summed E-state index contributed by atoms with van der Waals surface area (Å²) >= 11 is 1.48. The van der Waals surface area contributed by atoms with E-state index in [0.717, 1.165) is 4.88 Å². The number of methoxy groups -OCH3 is 1. The van der Waals surface area contributed by atoms with Crippen molar-refractivity contribution in [3.8, 4) is 10.6 Å². The first-order valence-corrected chi connectivity index (χ1v) is 9.43. The quantitative estimate of drug-likeness (QED) is 0.748. The Labute approximate surface area is 135 Å². The monoisotopic (exact) mass is 343 g/mol. The lowest BCUT2D eigenvalue weighted by molar-refractivity contribution is 0.196. The molecule has 0 fully saturated rings. The molecule has 0 aliphatic carbocycles. The van der Waals surface area contributed by atoms with E-state index in [1.807, 2.05) is 31.4 Å². The lowest BCUT2D eigenvalue weighted by Crippen LogP contribution is -2.25. The molecule has 2 rings (SSSR count). The van der Waals surface area contributed by atoms with Crippen LogP contribution in [0.15, 0.2) is 28.6 Å². The van der Waals surface area contributed by atoms with Crippen LogP contribution in [0.4, 0.5) is 0 Å². The second-order valence-electron chi connectivity index (χ2n) is 5.14. The Bertz CT molecular complexity index is 691. The second kappa shape index (κ2) is 7.36. The van der Waals surface area contributed by atoms with Crippen LogP contribution >= 0.6 is 11.3 Å². The maximum absolute atomic E-state index is 12.5. The molecule has 8 heteroatoms. The molecule has 2 heterocycles. The lowest BCUT2D eigenvalue weighted by Gasteiger charge is -2.06. The number of hydrogen-bond donors (Lipinski definition) is 1. The largest absolute Gasteiger partial charge is 0.385 e. The molecule has 0 atom stereocenters. The van der Waals surface area contributed by atoms with Gasteiger partial charge in [0.25, 0.3) is 0 Å². The van der Waals surface area contributed by atoms with Crippen LogP contribution < -0.4 is 4.72 Å². The van der Waals surface area contributed by atoms with Gasteiger partial charge in [-0.15, -0.1) is 11.3 Å². The first kappa shape index (κ1) is 17.1. The van der Waals surface area contributed by atoms with E-state index < -0.39 is 10.0 Å². The zero-order chi connectivity index (χ0) is 16.2. The van der Waals surface area contributed by atoms with Crippen LogP contribution in [0.25, 0.3) is 10.6 Å². The van der Waals surface area contributed by atoms with Crippen molar-refractivity contribution in [1.29, 1.82) is 0 Å². The van der Waals surface area contributed by atoms with Crippen LogP contribution in [0, 0.1) is 0 Å². The van der Waals surface area contributed by atoms with Crippen LogP contribution in [0.3, 0.4) is 0 Å². The molecule has 0 aliphatic rings. The van der Waals surface area contributed by atoms with Gasteiger partial charge in [0.05, 0.1) is 4.88 Å². The summed E-state index contributed by atoms with van der Waals surface area (Å²) in [6, 6.07) is 3.86. The normalized spacial score (nSPS) is 12.2. The fourth-order valence-electron chi connectivity index (χ4n) is 1.92. The highest BCUT2D eigenvalue weighted by Crippen LogP contribution is 2.30. The first-order valence-electron chi connectivity index (χ1n) is 7.07. The Morgan fingerprint density at radius 2 is 2.23 bits per heavy atom. The molecule has 22 heavy (non-hydrogen) atoms. The number of hydrogen-bond acceptors (Lipinski definition) is 5. The molecule has 0 amide bonds. The summed E-state index contributed by atoms with van der Waals surface area (Å²) in [7, 11) is -2.00. The van der Waals surface area contributed by atoms with E-state index in [1.165, 1.54) is 11.3 Å². The smallest absolute Gasteiger partial charge is 0.244 e. The number of aromatic nitrogens is 2. The van der Waals surface area contributed by atoms with Crippen molar-refractivity contribution in [3.63, 3.8) is 0 Å². The van der Waals surface area contributed by atoms with Gasteiger partial charge in [-0.2, -0.15) is 5.10 Å². The minimum atomic E-state index is -3.59. The molecule has 0 spiro atoms. The van der Waals surface area contributed by atoms with E-state index in [0.29, 0.717) is 25.3 Å². The van der Waals surface area contributed by atoms with E-state index in [2.05, 4.69) is 9.82 Å². The zero-order valence-corrected chi connectivity index (χ0v) is 14.6. The average molecular weight is 343 g/mol. The number of rotatable bonds is 8. The number of sulfonamides is 1. The molecule has 0 radical (unpaired) electrons. The number of nitrogens with one attached hydrogen (secondary N) is 1. The topological polar surface area (TPSA) is 73.2 Å². The number of nitrogens with zero attached hydrogens (tertiary/aromatic N) is 2. The van der Waals surface area contributed by atoms with Gasteiger partial charge in [0, 0.05) is 32.5 Å². The fraction of sp³-hybridized carbons (Fsp3) is 0.500. The third kappa shape index (κ3) is 3.95. The molecule has 0 bridgehead atoms. The third-order valence-electron chi connectivity index (χ3n) is 3.09.